The van der Waals surface area contributed by atoms with Gasteiger partial charge in [-0.25, -0.2) is 8.42 Å². The molecule has 8 nitrogen and oxygen atoms in total. The fourth-order valence-electron chi connectivity index (χ4n) is 2.32. The van der Waals surface area contributed by atoms with E-state index in [4.69, 9.17) is 5.73 Å². The summed E-state index contributed by atoms with van der Waals surface area (Å²) in [6, 6.07) is 0. The lowest BCUT2D eigenvalue weighted by atomic mass is 9.99. The predicted octanol–water partition coefficient (Wildman–Crippen LogP) is -0.424. The number of hydrogen-bond donors (Lipinski definition) is 1. The van der Waals surface area contributed by atoms with Gasteiger partial charge in [0.2, 0.25) is 10.0 Å². The number of aromatic nitrogens is 2. The van der Waals surface area contributed by atoms with Gasteiger partial charge in [0.05, 0.1) is 13.0 Å². The van der Waals surface area contributed by atoms with Gasteiger partial charge in [-0.3, -0.25) is 9.48 Å². The summed E-state index contributed by atoms with van der Waals surface area (Å²) in [6.45, 7) is 0.548. The molecule has 2 N–H and O–H groups in total. The zero-order valence-electron chi connectivity index (χ0n) is 11.4. The van der Waals surface area contributed by atoms with E-state index in [1.54, 1.807) is 7.05 Å². The molecule has 0 aliphatic carbocycles. The molecular formula is C11H18N4O4S. The van der Waals surface area contributed by atoms with Crippen molar-refractivity contribution >= 4 is 21.8 Å². The van der Waals surface area contributed by atoms with Crippen LogP contribution in [-0.4, -0.2) is 48.7 Å². The molecule has 1 saturated heterocycles. The first-order chi connectivity index (χ1) is 9.36. The Morgan fingerprint density at radius 2 is 2.05 bits per heavy atom. The Morgan fingerprint density at radius 3 is 2.50 bits per heavy atom. The van der Waals surface area contributed by atoms with Gasteiger partial charge in [-0.05, 0) is 12.8 Å². The summed E-state index contributed by atoms with van der Waals surface area (Å²) in [6.07, 6.45) is 2.29. The molecule has 9 heteroatoms. The highest BCUT2D eigenvalue weighted by Crippen LogP contribution is 2.26. The number of carbonyl (C=O) groups is 1. The smallest absolute Gasteiger partial charge is 0.308 e. The molecule has 0 saturated carbocycles. The lowest BCUT2D eigenvalue weighted by molar-refractivity contribution is -0.146. The zero-order chi connectivity index (χ0) is 14.9. The Kier molecular flexibility index (Phi) is 4.00. The van der Waals surface area contributed by atoms with Crippen molar-refractivity contribution in [3.8, 4) is 0 Å². The van der Waals surface area contributed by atoms with E-state index in [0.29, 0.717) is 12.8 Å². The van der Waals surface area contributed by atoms with Gasteiger partial charge in [-0.1, -0.05) is 0 Å². The summed E-state index contributed by atoms with van der Waals surface area (Å²) in [5.41, 5.74) is 5.62. The second-order valence-corrected chi connectivity index (χ2v) is 6.66. The van der Waals surface area contributed by atoms with Gasteiger partial charge in [0.1, 0.15) is 4.90 Å². The number of nitrogens with zero attached hydrogens (tertiary/aromatic N) is 3. The van der Waals surface area contributed by atoms with Crippen LogP contribution in [0.4, 0.5) is 5.82 Å². The Labute approximate surface area is 117 Å². The number of ether oxygens (including phenoxy) is 1. The van der Waals surface area contributed by atoms with E-state index in [-0.39, 0.29) is 35.7 Å². The number of piperidine rings is 1. The van der Waals surface area contributed by atoms with Gasteiger partial charge in [0, 0.05) is 26.3 Å². The molecule has 0 unspecified atom stereocenters. The molecule has 1 aromatic heterocycles. The maximum atomic E-state index is 12.4. The molecule has 0 bridgehead atoms. The highest BCUT2D eigenvalue weighted by atomic mass is 32.2. The lowest BCUT2D eigenvalue weighted by Gasteiger charge is -2.29. The molecule has 0 radical (unpaired) electrons. The number of rotatable bonds is 3. The molecule has 2 rings (SSSR count). The van der Waals surface area contributed by atoms with Gasteiger partial charge in [-0.2, -0.15) is 9.40 Å². The van der Waals surface area contributed by atoms with Crippen molar-refractivity contribution in [3.05, 3.63) is 6.20 Å². The first-order valence-electron chi connectivity index (χ1n) is 6.23. The molecule has 0 atom stereocenters. The third-order valence-electron chi connectivity index (χ3n) is 3.43. The lowest BCUT2D eigenvalue weighted by Crippen LogP contribution is -2.40. The number of nitrogens with two attached hydrogens (primary N) is 1. The first kappa shape index (κ1) is 14.8. The van der Waals surface area contributed by atoms with Gasteiger partial charge in [0.15, 0.2) is 5.82 Å². The fraction of sp³-hybridized carbons (Fsp3) is 0.636. The summed E-state index contributed by atoms with van der Waals surface area (Å²) in [4.78, 5) is 11.4. The topological polar surface area (TPSA) is 108 Å². The van der Waals surface area contributed by atoms with Crippen LogP contribution in [0, 0.1) is 5.92 Å². The third-order valence-corrected chi connectivity index (χ3v) is 5.34. The summed E-state index contributed by atoms with van der Waals surface area (Å²) in [5, 5.41) is 3.84. The van der Waals surface area contributed by atoms with Crippen molar-refractivity contribution in [1.29, 1.82) is 0 Å². The minimum atomic E-state index is -3.65. The van der Waals surface area contributed by atoms with E-state index < -0.39 is 10.0 Å². The average Bonchev–Trinajstić information content (AvgIpc) is 2.77. The summed E-state index contributed by atoms with van der Waals surface area (Å²) in [5.74, 6) is -0.539. The molecule has 1 aliphatic rings. The second kappa shape index (κ2) is 5.41. The molecule has 0 amide bonds. The van der Waals surface area contributed by atoms with Gasteiger partial charge < -0.3 is 10.5 Å². The van der Waals surface area contributed by atoms with E-state index in [1.165, 1.54) is 22.3 Å². The van der Waals surface area contributed by atoms with E-state index in [1.807, 2.05) is 0 Å². The minimum Gasteiger partial charge on any atom is -0.469 e. The maximum Gasteiger partial charge on any atom is 0.308 e. The van der Waals surface area contributed by atoms with Crippen LogP contribution >= 0.6 is 0 Å². The largest absolute Gasteiger partial charge is 0.469 e. The monoisotopic (exact) mass is 302 g/mol. The Morgan fingerprint density at radius 1 is 1.45 bits per heavy atom. The zero-order valence-corrected chi connectivity index (χ0v) is 12.3. The van der Waals surface area contributed by atoms with E-state index in [0.717, 1.165) is 0 Å². The number of hydrogen-bond acceptors (Lipinski definition) is 6. The summed E-state index contributed by atoms with van der Waals surface area (Å²) >= 11 is 0. The van der Waals surface area contributed by atoms with Gasteiger partial charge >= 0.3 is 5.97 Å². The van der Waals surface area contributed by atoms with E-state index >= 15 is 0 Å². The van der Waals surface area contributed by atoms with Crippen LogP contribution in [0.3, 0.4) is 0 Å². The van der Waals surface area contributed by atoms with Crippen molar-refractivity contribution in [2.24, 2.45) is 13.0 Å². The molecule has 1 fully saturated rings. The van der Waals surface area contributed by atoms with Crippen molar-refractivity contribution in [1.82, 2.24) is 14.1 Å². The van der Waals surface area contributed by atoms with Crippen molar-refractivity contribution in [2.45, 2.75) is 17.7 Å². The maximum absolute atomic E-state index is 12.4. The Bertz CT molecular complexity index is 602. The molecule has 0 aromatic carbocycles. The number of anilines is 1. The number of nitrogen functional groups attached to an aromatic ring is 1. The summed E-state index contributed by atoms with van der Waals surface area (Å²) < 4.78 is 32.3. The van der Waals surface area contributed by atoms with Gasteiger partial charge in [0.25, 0.3) is 0 Å². The van der Waals surface area contributed by atoms with Crippen LogP contribution in [0.25, 0.3) is 0 Å². The van der Waals surface area contributed by atoms with Crippen molar-refractivity contribution in [2.75, 3.05) is 25.9 Å². The van der Waals surface area contributed by atoms with Gasteiger partial charge in [-0.15, -0.1) is 0 Å². The number of methoxy groups -OCH3 is 1. The van der Waals surface area contributed by atoms with Crippen molar-refractivity contribution < 1.29 is 17.9 Å². The number of carbonyl (C=O) groups excluding carboxylic acids is 1. The normalized spacial score (nSPS) is 18.1. The molecule has 1 aromatic rings. The molecular weight excluding hydrogens is 284 g/mol. The van der Waals surface area contributed by atoms with Crippen molar-refractivity contribution in [3.63, 3.8) is 0 Å². The van der Waals surface area contributed by atoms with E-state index in [2.05, 4.69) is 9.84 Å². The first-order valence-corrected chi connectivity index (χ1v) is 7.67. The molecule has 1 aliphatic heterocycles. The molecule has 20 heavy (non-hydrogen) atoms. The highest BCUT2D eigenvalue weighted by Gasteiger charge is 2.34. The quantitative estimate of drug-likeness (QED) is 0.760. The van der Waals surface area contributed by atoms with Crippen LogP contribution in [0.1, 0.15) is 12.8 Å². The second-order valence-electron chi connectivity index (χ2n) is 4.75. The Hall–Kier alpha value is -1.61. The molecule has 2 heterocycles. The fourth-order valence-corrected chi connectivity index (χ4v) is 3.88. The van der Waals surface area contributed by atoms with Crippen LogP contribution in [0.5, 0.6) is 0 Å². The Balaban J connectivity index is 2.14. The molecule has 112 valence electrons. The summed E-state index contributed by atoms with van der Waals surface area (Å²) in [7, 11) is -0.710. The van der Waals surface area contributed by atoms with Crippen LogP contribution in [0.2, 0.25) is 0 Å². The van der Waals surface area contributed by atoms with Crippen LogP contribution < -0.4 is 5.73 Å². The number of esters is 1. The van der Waals surface area contributed by atoms with Crippen LogP contribution in [0.15, 0.2) is 11.1 Å². The standard InChI is InChI=1S/C11H18N4O4S/c1-14-7-9(10(12)13-14)20(17,18)15-5-3-8(4-6-15)11(16)19-2/h7-8H,3-6H2,1-2H3,(H2,12,13). The average molecular weight is 302 g/mol. The SMILES string of the molecule is COC(=O)C1CCN(S(=O)(=O)c2cn(C)nc2N)CC1. The number of sulfonamides is 1. The van der Waals surface area contributed by atoms with E-state index in [9.17, 15) is 13.2 Å². The predicted molar refractivity (Wildman–Crippen MR) is 71.1 cm³/mol. The van der Waals surface area contributed by atoms with Crippen LogP contribution in [-0.2, 0) is 26.6 Å². The third kappa shape index (κ3) is 2.63. The minimum absolute atomic E-state index is 0.0107. The number of aryl methyl sites for hydroxylation is 1. The molecule has 0 spiro atoms. The highest BCUT2D eigenvalue weighted by molar-refractivity contribution is 7.89.